The maximum atomic E-state index is 11.9. The molecule has 2 N–H and O–H groups in total. The number of hydrogen-bond donors (Lipinski definition) is 2. The van der Waals surface area contributed by atoms with Gasteiger partial charge in [-0.05, 0) is 12.4 Å². The summed E-state index contributed by atoms with van der Waals surface area (Å²) in [6.45, 7) is 5.57. The molecule has 3 nitrogen and oxygen atoms in total. The summed E-state index contributed by atoms with van der Waals surface area (Å²) in [5, 5.41) is 17.9. The third kappa shape index (κ3) is 3.84. The Balaban J connectivity index is 2.81. The van der Waals surface area contributed by atoms with Gasteiger partial charge in [-0.3, -0.25) is 4.79 Å². The molecule has 0 aromatic heterocycles. The fourth-order valence-electron chi connectivity index (χ4n) is 1.35. The number of allylic oxidation sites excluding steroid dienone is 5. The van der Waals surface area contributed by atoms with Crippen LogP contribution in [0.4, 0.5) is 0 Å². The van der Waals surface area contributed by atoms with Crippen LogP contribution in [0.25, 0.3) is 0 Å². The smallest absolute Gasteiger partial charge is 0.423 e. The van der Waals surface area contributed by atoms with E-state index in [-0.39, 0.29) is 5.78 Å². The van der Waals surface area contributed by atoms with Gasteiger partial charge >= 0.3 is 7.12 Å². The molecule has 0 spiro atoms. The number of carbonyl (C=O) groups is 1. The molecule has 1 aromatic carbocycles. The molecule has 0 saturated carbocycles. The van der Waals surface area contributed by atoms with Gasteiger partial charge in [-0.2, -0.15) is 0 Å². The zero-order valence-electron chi connectivity index (χ0n) is 10.2. The lowest BCUT2D eigenvalue weighted by Crippen LogP contribution is -2.29. The largest absolute Gasteiger partial charge is 0.488 e. The van der Waals surface area contributed by atoms with Crippen LogP contribution < -0.4 is 5.46 Å². The molecule has 0 unspecified atom stereocenters. The molecule has 0 heterocycles. The summed E-state index contributed by atoms with van der Waals surface area (Å²) in [7, 11) is -1.52. The Labute approximate surface area is 107 Å². The first-order chi connectivity index (χ1) is 8.56. The fourth-order valence-corrected chi connectivity index (χ4v) is 1.35. The van der Waals surface area contributed by atoms with Crippen LogP contribution in [0.15, 0.2) is 60.7 Å². The van der Waals surface area contributed by atoms with Crippen molar-refractivity contribution in [2.45, 2.75) is 6.92 Å². The second kappa shape index (κ2) is 6.74. The number of Topliss-reactive ketones (excluding diaryl/α,β-unsaturated/α-hetero) is 1. The van der Waals surface area contributed by atoms with Crippen LogP contribution in [-0.4, -0.2) is 22.9 Å². The fraction of sp³-hybridized carbons (Fsp3) is 0.0714. The molecule has 0 saturated heterocycles. The maximum Gasteiger partial charge on any atom is 0.488 e. The van der Waals surface area contributed by atoms with Crippen molar-refractivity contribution >= 4 is 18.4 Å². The topological polar surface area (TPSA) is 57.5 Å². The highest BCUT2D eigenvalue weighted by molar-refractivity contribution is 6.58. The Hall–Kier alpha value is -1.91. The molecule has 0 aliphatic heterocycles. The quantitative estimate of drug-likeness (QED) is 0.353. The molecule has 4 heteroatoms. The molecule has 0 atom stereocenters. The van der Waals surface area contributed by atoms with Gasteiger partial charge < -0.3 is 10.0 Å². The first-order valence-electron chi connectivity index (χ1n) is 5.55. The van der Waals surface area contributed by atoms with Crippen LogP contribution in [-0.2, 0) is 0 Å². The molecule has 0 bridgehead atoms. The van der Waals surface area contributed by atoms with Crippen molar-refractivity contribution in [3.8, 4) is 0 Å². The molecule has 0 aliphatic rings. The molecule has 0 fully saturated rings. The van der Waals surface area contributed by atoms with Crippen molar-refractivity contribution in [1.29, 1.82) is 0 Å². The highest BCUT2D eigenvalue weighted by Crippen LogP contribution is 2.07. The van der Waals surface area contributed by atoms with E-state index in [9.17, 15) is 4.79 Å². The average molecular weight is 242 g/mol. The number of benzene rings is 1. The Morgan fingerprint density at radius 1 is 1.22 bits per heavy atom. The van der Waals surface area contributed by atoms with Crippen LogP contribution in [0, 0.1) is 0 Å². The van der Waals surface area contributed by atoms with Crippen LogP contribution in [0.5, 0.6) is 0 Å². The van der Waals surface area contributed by atoms with Crippen molar-refractivity contribution < 1.29 is 14.8 Å². The van der Waals surface area contributed by atoms with E-state index in [0.717, 1.165) is 0 Å². The Kier molecular flexibility index (Phi) is 5.30. The summed E-state index contributed by atoms with van der Waals surface area (Å²) < 4.78 is 0. The lowest BCUT2D eigenvalue weighted by Gasteiger charge is -2.02. The van der Waals surface area contributed by atoms with E-state index in [4.69, 9.17) is 10.0 Å². The van der Waals surface area contributed by atoms with Crippen molar-refractivity contribution in [3.63, 3.8) is 0 Å². The van der Waals surface area contributed by atoms with Crippen LogP contribution in [0.3, 0.4) is 0 Å². The molecule has 0 amide bonds. The summed E-state index contributed by atoms with van der Waals surface area (Å²) in [5.74, 6) is -0.185. The number of carbonyl (C=O) groups excluding carboxylic acids is 1. The lowest BCUT2D eigenvalue weighted by atomic mass is 9.80. The van der Waals surface area contributed by atoms with E-state index in [1.807, 2.05) is 19.1 Å². The first kappa shape index (κ1) is 14.2. The monoisotopic (exact) mass is 242 g/mol. The van der Waals surface area contributed by atoms with Gasteiger partial charge in [0, 0.05) is 11.1 Å². The van der Waals surface area contributed by atoms with Crippen molar-refractivity contribution in [2.24, 2.45) is 0 Å². The second-order valence-electron chi connectivity index (χ2n) is 3.73. The van der Waals surface area contributed by atoms with Gasteiger partial charge in [0.25, 0.3) is 0 Å². The highest BCUT2D eigenvalue weighted by atomic mass is 16.4. The van der Waals surface area contributed by atoms with Crippen molar-refractivity contribution in [2.75, 3.05) is 0 Å². The minimum absolute atomic E-state index is 0.185. The minimum atomic E-state index is -1.52. The van der Waals surface area contributed by atoms with Gasteiger partial charge in [0.1, 0.15) is 0 Å². The van der Waals surface area contributed by atoms with E-state index in [0.29, 0.717) is 16.6 Å². The van der Waals surface area contributed by atoms with Crippen molar-refractivity contribution in [1.82, 2.24) is 0 Å². The zero-order chi connectivity index (χ0) is 13.5. The lowest BCUT2D eigenvalue weighted by molar-refractivity contribution is 0.103. The molecule has 0 aliphatic carbocycles. The van der Waals surface area contributed by atoms with E-state index in [2.05, 4.69) is 6.58 Å². The average Bonchev–Trinajstić information content (AvgIpc) is 2.38. The number of ketones is 1. The Morgan fingerprint density at radius 3 is 2.33 bits per heavy atom. The molecule has 1 aromatic rings. The maximum absolute atomic E-state index is 11.9. The minimum Gasteiger partial charge on any atom is -0.423 e. The SMILES string of the molecule is C=C(/C=C\C=C/C)C(=O)c1ccc(B(O)O)cc1. The van der Waals surface area contributed by atoms with Gasteiger partial charge in [0.15, 0.2) is 5.78 Å². The summed E-state index contributed by atoms with van der Waals surface area (Å²) in [6, 6.07) is 6.10. The molecular formula is C14H15BO3. The number of rotatable bonds is 5. The van der Waals surface area contributed by atoms with Gasteiger partial charge in [-0.15, -0.1) is 0 Å². The summed E-state index contributed by atoms with van der Waals surface area (Å²) in [6.07, 6.45) is 7.04. The van der Waals surface area contributed by atoms with Crippen molar-refractivity contribution in [3.05, 3.63) is 66.3 Å². The molecule has 18 heavy (non-hydrogen) atoms. The van der Waals surface area contributed by atoms with Gasteiger partial charge in [-0.25, -0.2) is 0 Å². The molecule has 1 rings (SSSR count). The van der Waals surface area contributed by atoms with Crippen LogP contribution in [0.1, 0.15) is 17.3 Å². The van der Waals surface area contributed by atoms with E-state index >= 15 is 0 Å². The van der Waals surface area contributed by atoms with E-state index in [1.54, 1.807) is 24.3 Å². The molecule has 0 radical (unpaired) electrons. The standard InChI is InChI=1S/C14H15BO3/c1-3-4-5-6-11(2)14(16)12-7-9-13(10-8-12)15(17)18/h3-10,17-18H,2H2,1H3/b4-3-,6-5-. The first-order valence-corrected chi connectivity index (χ1v) is 5.55. The summed E-state index contributed by atoms with van der Waals surface area (Å²) >= 11 is 0. The second-order valence-corrected chi connectivity index (χ2v) is 3.73. The number of hydrogen-bond acceptors (Lipinski definition) is 3. The van der Waals surface area contributed by atoms with Crippen LogP contribution >= 0.6 is 0 Å². The van der Waals surface area contributed by atoms with Gasteiger partial charge in [-0.1, -0.05) is 55.1 Å². The predicted molar refractivity (Wildman–Crippen MR) is 73.7 cm³/mol. The summed E-state index contributed by atoms with van der Waals surface area (Å²) in [4.78, 5) is 11.9. The summed E-state index contributed by atoms with van der Waals surface area (Å²) in [5.41, 5.74) is 1.20. The Bertz CT molecular complexity index is 484. The predicted octanol–water partition coefficient (Wildman–Crippen LogP) is 1.24. The third-order valence-corrected chi connectivity index (χ3v) is 2.36. The highest BCUT2D eigenvalue weighted by Gasteiger charge is 2.12. The van der Waals surface area contributed by atoms with E-state index < -0.39 is 7.12 Å². The Morgan fingerprint density at radius 2 is 1.83 bits per heavy atom. The third-order valence-electron chi connectivity index (χ3n) is 2.36. The van der Waals surface area contributed by atoms with E-state index in [1.165, 1.54) is 12.1 Å². The molecule has 92 valence electrons. The molecular weight excluding hydrogens is 227 g/mol. The van der Waals surface area contributed by atoms with Gasteiger partial charge in [0.2, 0.25) is 0 Å². The van der Waals surface area contributed by atoms with Gasteiger partial charge in [0.05, 0.1) is 0 Å². The van der Waals surface area contributed by atoms with Crippen LogP contribution in [0.2, 0.25) is 0 Å². The normalized spacial score (nSPS) is 11.1. The zero-order valence-corrected chi connectivity index (χ0v) is 10.2.